The Hall–Kier alpha value is -1.44. The fraction of sp³-hybridized carbons (Fsp3) is 0.800. The van der Waals surface area contributed by atoms with Gasteiger partial charge in [-0.1, -0.05) is 11.6 Å². The van der Waals surface area contributed by atoms with E-state index in [0.29, 0.717) is 12.5 Å². The van der Waals surface area contributed by atoms with Crippen molar-refractivity contribution in [3.05, 3.63) is 12.4 Å². The van der Waals surface area contributed by atoms with Crippen LogP contribution in [0.3, 0.4) is 0 Å². The van der Waals surface area contributed by atoms with Crippen LogP contribution in [0, 0.1) is 5.92 Å². The summed E-state index contributed by atoms with van der Waals surface area (Å²) in [7, 11) is -0.884. The highest BCUT2D eigenvalue weighted by Gasteiger charge is 2.41. The van der Waals surface area contributed by atoms with Crippen molar-refractivity contribution in [3.63, 3.8) is 0 Å². The molecule has 0 radical (unpaired) electrons. The Kier molecular flexibility index (Phi) is 4.99. The number of rotatable bonds is 5. The van der Waals surface area contributed by atoms with Gasteiger partial charge in [0.25, 0.3) is 0 Å². The van der Waals surface area contributed by atoms with Gasteiger partial charge in [0.2, 0.25) is 0 Å². The maximum absolute atomic E-state index is 12.4. The molecule has 0 spiro atoms. The summed E-state index contributed by atoms with van der Waals surface area (Å²) in [5, 5.41) is 10.8. The molecule has 1 aliphatic heterocycles. The molecule has 1 aromatic rings. The third kappa shape index (κ3) is 3.73. The van der Waals surface area contributed by atoms with Crippen molar-refractivity contribution < 1.29 is 9.00 Å². The number of hydrogen-bond donors (Lipinski definition) is 1. The Balaban J connectivity index is 1.50. The molecule has 1 N–H and O–H groups in total. The normalized spacial score (nSPS) is 24.7. The van der Waals surface area contributed by atoms with Crippen LogP contribution in [-0.2, 0) is 17.3 Å². The molecule has 1 saturated carbocycles. The molecule has 1 aliphatic carbocycles. The molecule has 2 atom stereocenters. The average molecular weight is 339 g/mol. The summed E-state index contributed by atoms with van der Waals surface area (Å²) in [6.45, 7) is 2.86. The van der Waals surface area contributed by atoms with Crippen LogP contribution in [0.15, 0.2) is 12.4 Å². The molecule has 7 nitrogen and oxygen atoms in total. The third-order valence-corrected chi connectivity index (χ3v) is 6.93. The van der Waals surface area contributed by atoms with Crippen LogP contribution in [0.5, 0.6) is 0 Å². The first-order chi connectivity index (χ1) is 11.1. The van der Waals surface area contributed by atoms with Crippen LogP contribution >= 0.6 is 0 Å². The second-order valence-electron chi connectivity index (χ2n) is 6.73. The molecule has 1 aromatic heterocycles. The van der Waals surface area contributed by atoms with E-state index in [4.69, 9.17) is 0 Å². The molecular formula is C15H25N5O2S. The van der Waals surface area contributed by atoms with Gasteiger partial charge in [-0.05, 0) is 31.6 Å². The quantitative estimate of drug-likeness (QED) is 0.868. The van der Waals surface area contributed by atoms with E-state index in [1.54, 1.807) is 12.5 Å². The van der Waals surface area contributed by atoms with E-state index in [0.717, 1.165) is 51.7 Å². The monoisotopic (exact) mass is 339 g/mol. The fourth-order valence-electron chi connectivity index (χ4n) is 3.48. The molecule has 8 heteroatoms. The lowest BCUT2D eigenvalue weighted by atomic mass is 9.84. The maximum Gasteiger partial charge on any atom is 0.317 e. The van der Waals surface area contributed by atoms with Crippen molar-refractivity contribution in [2.45, 2.75) is 43.4 Å². The second-order valence-corrected chi connectivity index (χ2v) is 8.50. The minimum absolute atomic E-state index is 0.0231. The summed E-state index contributed by atoms with van der Waals surface area (Å²) < 4.78 is 13.5. The summed E-state index contributed by atoms with van der Waals surface area (Å²) in [5.74, 6) is 0.411. The van der Waals surface area contributed by atoms with Gasteiger partial charge in [-0.2, -0.15) is 0 Å². The van der Waals surface area contributed by atoms with Gasteiger partial charge < -0.3 is 10.2 Å². The molecule has 23 heavy (non-hydrogen) atoms. The van der Waals surface area contributed by atoms with Gasteiger partial charge in [-0.3, -0.25) is 8.89 Å². The lowest BCUT2D eigenvalue weighted by molar-refractivity contribution is 0.155. The topological polar surface area (TPSA) is 80.1 Å². The number of carbonyl (C=O) groups is 1. The SMILES string of the molecule is C[S@@](=O)C1(CNC(=O)N2CCC[C@H](Cn3ccnn3)C2)CCC1. The largest absolute Gasteiger partial charge is 0.336 e. The van der Waals surface area contributed by atoms with Crippen LogP contribution in [0.25, 0.3) is 0 Å². The minimum Gasteiger partial charge on any atom is -0.336 e. The van der Waals surface area contributed by atoms with E-state index in [-0.39, 0.29) is 10.8 Å². The van der Waals surface area contributed by atoms with Gasteiger partial charge in [0, 0.05) is 49.4 Å². The van der Waals surface area contributed by atoms with Crippen LogP contribution in [-0.4, -0.2) is 60.8 Å². The van der Waals surface area contributed by atoms with Crippen LogP contribution in [0.1, 0.15) is 32.1 Å². The van der Waals surface area contributed by atoms with Gasteiger partial charge in [0.05, 0.1) is 10.9 Å². The highest BCUT2D eigenvalue weighted by atomic mass is 32.2. The predicted octanol–water partition coefficient (Wildman–Crippen LogP) is 1.00. The molecule has 2 amide bonds. The van der Waals surface area contributed by atoms with Gasteiger partial charge in [0.1, 0.15) is 0 Å². The molecule has 2 fully saturated rings. The molecular weight excluding hydrogens is 314 g/mol. The van der Waals surface area contributed by atoms with E-state index < -0.39 is 10.8 Å². The minimum atomic E-state index is -0.884. The number of nitrogens with zero attached hydrogens (tertiary/aromatic N) is 4. The lowest BCUT2D eigenvalue weighted by Crippen LogP contribution is -2.54. The molecule has 0 aromatic carbocycles. The number of aromatic nitrogens is 3. The number of piperidine rings is 1. The zero-order valence-electron chi connectivity index (χ0n) is 13.6. The van der Waals surface area contributed by atoms with E-state index in [2.05, 4.69) is 15.6 Å². The maximum atomic E-state index is 12.4. The van der Waals surface area contributed by atoms with Crippen molar-refractivity contribution in [1.82, 2.24) is 25.2 Å². The number of likely N-dealkylation sites (tertiary alicyclic amines) is 1. The standard InChI is InChI=1S/C15H25N5O2S/c1-23(22)15(5-3-6-15)12-16-14(21)19-8-2-4-13(10-19)11-20-9-7-17-18-20/h7,9,13H,2-6,8,10-12H2,1H3,(H,16,21)/t13-,23+/m0/s1. The van der Waals surface area contributed by atoms with Crippen molar-refractivity contribution in [2.75, 3.05) is 25.9 Å². The number of amides is 2. The van der Waals surface area contributed by atoms with Crippen molar-refractivity contribution >= 4 is 16.8 Å². The van der Waals surface area contributed by atoms with E-state index >= 15 is 0 Å². The lowest BCUT2D eigenvalue weighted by Gasteiger charge is -2.41. The molecule has 1 saturated heterocycles. The zero-order valence-corrected chi connectivity index (χ0v) is 14.4. The summed E-state index contributed by atoms with van der Waals surface area (Å²) in [4.78, 5) is 14.3. The Morgan fingerprint density at radius 2 is 2.26 bits per heavy atom. The Morgan fingerprint density at radius 1 is 1.43 bits per heavy atom. The first kappa shape index (κ1) is 16.4. The van der Waals surface area contributed by atoms with Gasteiger partial charge in [-0.15, -0.1) is 5.10 Å². The molecule has 2 aliphatic rings. The Morgan fingerprint density at radius 3 is 2.87 bits per heavy atom. The number of nitrogens with one attached hydrogen (secondary N) is 1. The van der Waals surface area contributed by atoms with Gasteiger partial charge in [-0.25, -0.2) is 4.79 Å². The van der Waals surface area contributed by atoms with Gasteiger partial charge >= 0.3 is 6.03 Å². The van der Waals surface area contributed by atoms with Gasteiger partial charge in [0.15, 0.2) is 0 Å². The third-order valence-electron chi connectivity index (χ3n) is 5.16. The molecule has 128 valence electrons. The highest BCUT2D eigenvalue weighted by Crippen LogP contribution is 2.36. The molecule has 0 bridgehead atoms. The fourth-order valence-corrected chi connectivity index (χ4v) is 4.62. The Labute approximate surface area is 139 Å². The smallest absolute Gasteiger partial charge is 0.317 e. The molecule has 2 heterocycles. The van der Waals surface area contributed by atoms with E-state index in [9.17, 15) is 9.00 Å². The van der Waals surface area contributed by atoms with Crippen molar-refractivity contribution in [3.8, 4) is 0 Å². The van der Waals surface area contributed by atoms with Crippen LogP contribution in [0.2, 0.25) is 0 Å². The Bertz CT molecular complexity index is 558. The van der Waals surface area contributed by atoms with E-state index in [1.807, 2.05) is 15.8 Å². The summed E-state index contributed by atoms with van der Waals surface area (Å²) in [5.41, 5.74) is 0. The summed E-state index contributed by atoms with van der Waals surface area (Å²) >= 11 is 0. The number of hydrogen-bond acceptors (Lipinski definition) is 4. The van der Waals surface area contributed by atoms with Crippen LogP contribution in [0.4, 0.5) is 4.79 Å². The molecule has 3 rings (SSSR count). The average Bonchev–Trinajstić information content (AvgIpc) is 2.98. The summed E-state index contributed by atoms with van der Waals surface area (Å²) in [6.07, 6.45) is 10.4. The predicted molar refractivity (Wildman–Crippen MR) is 88.4 cm³/mol. The number of carbonyl (C=O) groups excluding carboxylic acids is 1. The second kappa shape index (κ2) is 6.98. The first-order valence-corrected chi connectivity index (χ1v) is 9.85. The first-order valence-electron chi connectivity index (χ1n) is 8.29. The summed E-state index contributed by atoms with van der Waals surface area (Å²) in [6, 6.07) is -0.0231. The number of urea groups is 1. The highest BCUT2D eigenvalue weighted by molar-refractivity contribution is 7.85. The zero-order chi connectivity index (χ0) is 16.3. The van der Waals surface area contributed by atoms with E-state index in [1.165, 1.54) is 0 Å². The van der Waals surface area contributed by atoms with Crippen molar-refractivity contribution in [1.29, 1.82) is 0 Å². The van der Waals surface area contributed by atoms with Crippen LogP contribution < -0.4 is 5.32 Å². The molecule has 0 unspecified atom stereocenters. The van der Waals surface area contributed by atoms with Crippen molar-refractivity contribution in [2.24, 2.45) is 5.92 Å².